The lowest BCUT2D eigenvalue weighted by Crippen LogP contribution is -2.24. The van der Waals surface area contributed by atoms with E-state index >= 15 is 0 Å². The molecule has 3 N–H and O–H groups in total. The second kappa shape index (κ2) is 11.0. The summed E-state index contributed by atoms with van der Waals surface area (Å²) < 4.78 is 29.2. The number of anilines is 3. The van der Waals surface area contributed by atoms with E-state index in [1.165, 1.54) is 6.92 Å². The number of nitrogens with one attached hydrogen (secondary N) is 3. The standard InChI is InChI=1S/C30H27N5O3S/c1-20-12-13-23(18-28(20)39(37,38)31-19-22-8-4-3-5-9-22)29-26-10-6-7-11-27(26)30(35-34-29)33-25-16-14-24(15-17-25)32-21(2)36/h3-18,31H,19H2,1-2H3,(H,32,36)(H,33,35). The van der Waals surface area contributed by atoms with Gasteiger partial charge in [0.25, 0.3) is 0 Å². The maximum Gasteiger partial charge on any atom is 0.241 e. The van der Waals surface area contributed by atoms with E-state index in [1.807, 2.05) is 72.8 Å². The molecule has 0 fully saturated rings. The first-order chi connectivity index (χ1) is 18.8. The molecule has 4 aromatic carbocycles. The number of aromatic nitrogens is 2. The number of aryl methyl sites for hydroxylation is 1. The average Bonchev–Trinajstić information content (AvgIpc) is 2.94. The van der Waals surface area contributed by atoms with Crippen LogP contribution in [0.4, 0.5) is 17.2 Å². The Balaban J connectivity index is 1.46. The van der Waals surface area contributed by atoms with Crippen molar-refractivity contribution in [2.75, 3.05) is 10.6 Å². The predicted octanol–water partition coefficient (Wildman–Crippen LogP) is 5.79. The summed E-state index contributed by atoms with van der Waals surface area (Å²) in [5.74, 6) is 0.424. The van der Waals surface area contributed by atoms with Gasteiger partial charge >= 0.3 is 0 Å². The van der Waals surface area contributed by atoms with Crippen LogP contribution in [0.2, 0.25) is 0 Å². The third kappa shape index (κ3) is 5.95. The van der Waals surface area contributed by atoms with Crippen LogP contribution in [0, 0.1) is 6.92 Å². The van der Waals surface area contributed by atoms with Gasteiger partial charge in [0.2, 0.25) is 15.9 Å². The fourth-order valence-corrected chi connectivity index (χ4v) is 5.56. The number of rotatable bonds is 8. The Morgan fingerprint density at radius 2 is 1.46 bits per heavy atom. The normalized spacial score (nSPS) is 11.3. The summed E-state index contributed by atoms with van der Waals surface area (Å²) in [5, 5.41) is 16.6. The van der Waals surface area contributed by atoms with Crippen LogP contribution in [0.15, 0.2) is 102 Å². The maximum absolute atomic E-state index is 13.2. The summed E-state index contributed by atoms with van der Waals surface area (Å²) in [6, 6.07) is 29.7. The van der Waals surface area contributed by atoms with Crippen molar-refractivity contribution in [3.05, 3.63) is 108 Å². The first-order valence-corrected chi connectivity index (χ1v) is 13.8. The SMILES string of the molecule is CC(=O)Nc1ccc(Nc2nnc(-c3ccc(C)c(S(=O)(=O)NCc4ccccc4)c3)c3ccccc23)cc1. The van der Waals surface area contributed by atoms with Crippen LogP contribution in [0.1, 0.15) is 18.1 Å². The Morgan fingerprint density at radius 3 is 2.18 bits per heavy atom. The van der Waals surface area contributed by atoms with Crippen molar-refractivity contribution in [3.8, 4) is 11.3 Å². The number of carbonyl (C=O) groups excluding carboxylic acids is 1. The number of benzene rings is 4. The fraction of sp³-hybridized carbons (Fsp3) is 0.100. The Kier molecular flexibility index (Phi) is 7.36. The molecule has 8 nitrogen and oxygen atoms in total. The van der Waals surface area contributed by atoms with Gasteiger partial charge < -0.3 is 10.6 Å². The Morgan fingerprint density at radius 1 is 0.795 bits per heavy atom. The number of hydrogen-bond donors (Lipinski definition) is 3. The molecule has 5 aromatic rings. The maximum atomic E-state index is 13.2. The molecular weight excluding hydrogens is 510 g/mol. The first-order valence-electron chi connectivity index (χ1n) is 12.3. The summed E-state index contributed by atoms with van der Waals surface area (Å²) >= 11 is 0. The molecule has 0 spiro atoms. The van der Waals surface area contributed by atoms with Crippen LogP contribution in [0.5, 0.6) is 0 Å². The molecule has 9 heteroatoms. The lowest BCUT2D eigenvalue weighted by atomic mass is 10.0. The van der Waals surface area contributed by atoms with Gasteiger partial charge in [0, 0.05) is 41.2 Å². The van der Waals surface area contributed by atoms with Crippen LogP contribution >= 0.6 is 0 Å². The van der Waals surface area contributed by atoms with Crippen LogP contribution in [0.25, 0.3) is 22.0 Å². The van der Waals surface area contributed by atoms with E-state index < -0.39 is 10.0 Å². The number of sulfonamides is 1. The number of fused-ring (bicyclic) bond motifs is 1. The summed E-state index contributed by atoms with van der Waals surface area (Å²) in [7, 11) is -3.77. The monoisotopic (exact) mass is 537 g/mol. The summed E-state index contributed by atoms with van der Waals surface area (Å²) in [6.07, 6.45) is 0. The zero-order valence-corrected chi connectivity index (χ0v) is 22.3. The summed E-state index contributed by atoms with van der Waals surface area (Å²) in [4.78, 5) is 11.5. The van der Waals surface area contributed by atoms with Crippen molar-refractivity contribution in [1.82, 2.24) is 14.9 Å². The molecule has 5 rings (SSSR count). The number of carbonyl (C=O) groups is 1. The minimum atomic E-state index is -3.77. The zero-order valence-electron chi connectivity index (χ0n) is 21.5. The van der Waals surface area contributed by atoms with Crippen molar-refractivity contribution >= 4 is 43.9 Å². The highest BCUT2D eigenvalue weighted by Gasteiger charge is 2.19. The molecule has 0 aliphatic heterocycles. The van der Waals surface area contributed by atoms with Crippen LogP contribution in [-0.2, 0) is 21.4 Å². The van der Waals surface area contributed by atoms with Crippen molar-refractivity contribution in [3.63, 3.8) is 0 Å². The number of nitrogens with zero attached hydrogens (tertiary/aromatic N) is 2. The summed E-state index contributed by atoms with van der Waals surface area (Å²) in [6.45, 7) is 3.43. The van der Waals surface area contributed by atoms with Crippen molar-refractivity contribution in [1.29, 1.82) is 0 Å². The topological polar surface area (TPSA) is 113 Å². The molecule has 0 saturated carbocycles. The highest BCUT2D eigenvalue weighted by Crippen LogP contribution is 2.33. The molecule has 0 atom stereocenters. The minimum absolute atomic E-state index is 0.137. The molecule has 0 unspecified atom stereocenters. The number of hydrogen-bond acceptors (Lipinski definition) is 6. The highest BCUT2D eigenvalue weighted by atomic mass is 32.2. The third-order valence-corrected chi connectivity index (χ3v) is 7.76. The van der Waals surface area contributed by atoms with Crippen LogP contribution in [0.3, 0.4) is 0 Å². The molecule has 39 heavy (non-hydrogen) atoms. The van der Waals surface area contributed by atoms with E-state index in [0.717, 1.165) is 22.0 Å². The Labute approximate surface area is 227 Å². The van der Waals surface area contributed by atoms with E-state index in [-0.39, 0.29) is 17.3 Å². The third-order valence-electron chi connectivity index (χ3n) is 6.22. The van der Waals surface area contributed by atoms with E-state index in [9.17, 15) is 13.2 Å². The molecule has 1 heterocycles. The van der Waals surface area contributed by atoms with E-state index in [2.05, 4.69) is 25.6 Å². The molecule has 0 bridgehead atoms. The molecule has 196 valence electrons. The van der Waals surface area contributed by atoms with Gasteiger partial charge in [-0.3, -0.25) is 4.79 Å². The Hall–Kier alpha value is -4.60. The van der Waals surface area contributed by atoms with E-state index in [1.54, 1.807) is 31.2 Å². The molecule has 1 aromatic heterocycles. The van der Waals surface area contributed by atoms with Gasteiger partial charge in [-0.1, -0.05) is 66.7 Å². The molecular formula is C30H27N5O3S. The van der Waals surface area contributed by atoms with Gasteiger partial charge in [-0.15, -0.1) is 10.2 Å². The lowest BCUT2D eigenvalue weighted by molar-refractivity contribution is -0.114. The highest BCUT2D eigenvalue weighted by molar-refractivity contribution is 7.89. The van der Waals surface area contributed by atoms with Crippen LogP contribution < -0.4 is 15.4 Å². The minimum Gasteiger partial charge on any atom is -0.338 e. The Bertz CT molecular complexity index is 1760. The zero-order chi connectivity index (χ0) is 27.4. The molecule has 0 saturated heterocycles. The average molecular weight is 538 g/mol. The molecule has 1 amide bonds. The van der Waals surface area contributed by atoms with E-state index in [0.29, 0.717) is 28.3 Å². The fourth-order valence-electron chi connectivity index (χ4n) is 4.28. The van der Waals surface area contributed by atoms with Gasteiger partial charge in [0.05, 0.1) is 4.90 Å². The van der Waals surface area contributed by atoms with Crippen molar-refractivity contribution < 1.29 is 13.2 Å². The van der Waals surface area contributed by atoms with Gasteiger partial charge in [-0.2, -0.15) is 0 Å². The predicted molar refractivity (Wildman–Crippen MR) is 154 cm³/mol. The van der Waals surface area contributed by atoms with Crippen molar-refractivity contribution in [2.45, 2.75) is 25.3 Å². The second-order valence-electron chi connectivity index (χ2n) is 9.12. The van der Waals surface area contributed by atoms with E-state index in [4.69, 9.17) is 0 Å². The quantitative estimate of drug-likeness (QED) is 0.231. The van der Waals surface area contributed by atoms with Gasteiger partial charge in [0.15, 0.2) is 5.82 Å². The largest absolute Gasteiger partial charge is 0.338 e. The second-order valence-corrected chi connectivity index (χ2v) is 10.9. The van der Waals surface area contributed by atoms with Crippen LogP contribution in [-0.4, -0.2) is 24.5 Å². The molecule has 0 radical (unpaired) electrons. The lowest BCUT2D eigenvalue weighted by Gasteiger charge is -2.14. The smallest absolute Gasteiger partial charge is 0.241 e. The van der Waals surface area contributed by atoms with Gasteiger partial charge in [0.1, 0.15) is 5.69 Å². The first kappa shape index (κ1) is 26.0. The molecule has 0 aliphatic rings. The van der Waals surface area contributed by atoms with Crippen molar-refractivity contribution in [2.24, 2.45) is 0 Å². The van der Waals surface area contributed by atoms with Gasteiger partial charge in [-0.25, -0.2) is 13.1 Å². The summed E-state index contributed by atoms with van der Waals surface area (Å²) in [5.41, 5.74) is 4.22. The molecule has 0 aliphatic carbocycles. The van der Waals surface area contributed by atoms with Gasteiger partial charge in [-0.05, 0) is 48.4 Å². The number of amides is 1.